The number of nitrogens with one attached hydrogen (secondary N) is 2. The van der Waals surface area contributed by atoms with E-state index in [0.29, 0.717) is 74.8 Å². The average molecular weight is 1580 g/mol. The van der Waals surface area contributed by atoms with Crippen molar-refractivity contribution in [2.45, 2.75) is 219 Å². The number of nitrogens with two attached hydrogens (primary N) is 4. The maximum Gasteiger partial charge on any atom is 0.446 e. The van der Waals surface area contributed by atoms with Crippen LogP contribution in [0.25, 0.3) is 16.0 Å². The minimum absolute atomic E-state index is 0.0474. The standard InChI is InChI=1S/C14H25N5O3.C9H19NO2.C9H10O2.C8H14.C7H12N4O3.C7H9NO.C7H14O2.C6H13NO2.C5H9N2O4P.C2H7NO/c1-9(2)7-10(3)11-8-19(18-17-11)12(13(20)21)5-4-6-16-14(15)22;1-7(2)6-8(3)9(11)10(4)12-5;1-8(10)11-7-9-5-3-2-4-6-9;1-5-8(4)6-7(2)3;8-6(12)4-2-1-3-5(7(13)14)10-11-9;8-7-3-1-6(5-9)2-4-7;1-5(2)4-6(3)7(8)9;1-4(2)3-5(7)6(8)9;1-4(8)5(7-6)12(9,10-2)11-3;1-3-4-2/h8-10,12H,4-7H2,1-3H3,(H,20,21)(H3,15,16,22);7-8H,6H2,1-5H3;2-6H,7H2,1H3;1,7-8H,6H2,2-4H3;5H,1-4H2,(H2,8,12)(H,13,14);1-4,9H,5,8H2;5-6H,4H2,1-3H3,(H,8,9);4-5H,3,7H2,1-2H3,(H,8,9);1-3H3;3H,1-2H3/t10-,12-;8-;;8-;5-;;6-;5-;;/m00.10.00../s1. The lowest BCUT2D eigenvalue weighted by molar-refractivity contribution is -0.173. The van der Waals surface area contributed by atoms with Crippen LogP contribution in [-0.4, -0.2) is 170 Å². The molecule has 36 heteroatoms. The second kappa shape index (κ2) is 70.2. The number of carbonyl (C=O) groups excluding carboxylic acids is 5. The lowest BCUT2D eigenvalue weighted by atomic mass is 9.96. The van der Waals surface area contributed by atoms with Gasteiger partial charge in [-0.2, -0.15) is 4.79 Å². The number of nitrogen functional groups attached to an aromatic ring is 1. The third kappa shape index (κ3) is 69.3. The van der Waals surface area contributed by atoms with E-state index in [9.17, 15) is 52.8 Å². The lowest BCUT2D eigenvalue weighted by Crippen LogP contribution is -2.31. The fourth-order valence-electron chi connectivity index (χ4n) is 8.65. The summed E-state index contributed by atoms with van der Waals surface area (Å²) in [5.41, 5.74) is 42.1. The number of esters is 1. The number of carbonyl (C=O) groups is 9. The molecular formula is C74H132N15O20P. The van der Waals surface area contributed by atoms with Gasteiger partial charge in [0, 0.05) is 89.7 Å². The van der Waals surface area contributed by atoms with Gasteiger partial charge in [0.15, 0.2) is 6.04 Å². The number of aliphatic hydroxyl groups excluding tert-OH is 1. The molecule has 0 unspecified atom stereocenters. The molecule has 0 fully saturated rings. The van der Waals surface area contributed by atoms with E-state index in [2.05, 4.69) is 111 Å². The lowest BCUT2D eigenvalue weighted by Gasteiger charge is -2.19. The number of ketones is 1. The molecule has 35 nitrogen and oxygen atoms in total. The monoisotopic (exact) mass is 1580 g/mol. The van der Waals surface area contributed by atoms with Crippen LogP contribution in [-0.2, 0) is 79.6 Å². The topological polar surface area (TPSA) is 565 Å². The maximum absolute atomic E-state index is 11.4. The van der Waals surface area contributed by atoms with Gasteiger partial charge in [-0.1, -0.05) is 156 Å². The first-order chi connectivity index (χ1) is 51.1. The first kappa shape index (κ1) is 114. The van der Waals surface area contributed by atoms with E-state index < -0.39 is 72.8 Å². The van der Waals surface area contributed by atoms with Crippen molar-refractivity contribution in [2.24, 2.45) is 69.7 Å². The first-order valence-corrected chi connectivity index (χ1v) is 37.2. The molecule has 2 aromatic carbocycles. The quantitative estimate of drug-likeness (QED) is 0.00246. The Bertz CT molecular complexity index is 3160. The summed E-state index contributed by atoms with van der Waals surface area (Å²) in [7, 11) is 4.91. The van der Waals surface area contributed by atoms with Crippen LogP contribution in [0.3, 0.4) is 0 Å². The van der Waals surface area contributed by atoms with Gasteiger partial charge in [0.05, 0.1) is 32.4 Å². The number of benzene rings is 2. The van der Waals surface area contributed by atoms with E-state index in [4.69, 9.17) is 70.4 Å². The number of primary amides is 2. The minimum atomic E-state index is -3.70. The van der Waals surface area contributed by atoms with Crippen LogP contribution in [0.2, 0.25) is 0 Å². The smallest absolute Gasteiger partial charge is 0.446 e. The van der Waals surface area contributed by atoms with Gasteiger partial charge in [-0.15, -0.1) is 17.4 Å². The number of hydrogen-bond donors (Lipinski definition) is 11. The maximum atomic E-state index is 11.4. The number of Topliss-reactive ketones (excluding diaryl/α,β-unsaturated/α-hetero) is 1. The number of amides is 4. The van der Waals surface area contributed by atoms with Gasteiger partial charge < -0.3 is 77.9 Å². The zero-order valence-corrected chi connectivity index (χ0v) is 69.7. The molecule has 3 aromatic rings. The highest BCUT2D eigenvalue weighted by Gasteiger charge is 2.41. The molecule has 3 rings (SSSR count). The van der Waals surface area contributed by atoms with Gasteiger partial charge in [0.2, 0.25) is 17.6 Å². The fraction of sp³-hybridized carbons (Fsp3) is 0.649. The van der Waals surface area contributed by atoms with E-state index in [1.54, 1.807) is 58.6 Å². The molecule has 0 bridgehead atoms. The number of aliphatic carboxylic acids is 4. The molecule has 0 spiro atoms. The number of aromatic nitrogens is 3. The summed E-state index contributed by atoms with van der Waals surface area (Å²) >= 11 is 0. The molecule has 0 aliphatic carbocycles. The van der Waals surface area contributed by atoms with Crippen molar-refractivity contribution in [1.29, 1.82) is 0 Å². The number of aliphatic hydroxyl groups is 1. The van der Waals surface area contributed by atoms with Crippen molar-refractivity contribution in [3.63, 3.8) is 0 Å². The van der Waals surface area contributed by atoms with Crippen LogP contribution >= 0.6 is 7.60 Å². The van der Waals surface area contributed by atoms with E-state index in [1.165, 1.54) is 23.8 Å². The van der Waals surface area contributed by atoms with Crippen LogP contribution in [0, 0.1) is 59.7 Å². The van der Waals surface area contributed by atoms with Crippen LogP contribution in [0.4, 0.5) is 10.5 Å². The Morgan fingerprint density at radius 1 is 0.691 bits per heavy atom. The highest BCUT2D eigenvalue weighted by molar-refractivity contribution is 7.74. The Labute approximate surface area is 651 Å². The Morgan fingerprint density at radius 2 is 1.19 bits per heavy atom. The Balaban J connectivity index is -0.000000219. The Morgan fingerprint density at radius 3 is 1.52 bits per heavy atom. The third-order valence-corrected chi connectivity index (χ3v) is 16.0. The molecule has 0 saturated carbocycles. The molecule has 0 aliphatic heterocycles. The van der Waals surface area contributed by atoms with E-state index >= 15 is 0 Å². The van der Waals surface area contributed by atoms with Crippen LogP contribution < -0.4 is 33.7 Å². The number of anilines is 1. The molecule has 1 heterocycles. The fourth-order valence-corrected chi connectivity index (χ4v) is 9.64. The number of unbranched alkanes of at least 4 members (excludes halogenated alkanes) is 1. The number of carboxylic acid groups (broad SMARTS) is 4. The highest BCUT2D eigenvalue weighted by atomic mass is 31.2. The van der Waals surface area contributed by atoms with Gasteiger partial charge in [-0.25, -0.2) is 29.4 Å². The zero-order chi connectivity index (χ0) is 86.8. The number of hydroxylamine groups is 3. The predicted molar refractivity (Wildman–Crippen MR) is 422 cm³/mol. The normalized spacial score (nSPS) is 12.0. The van der Waals surface area contributed by atoms with Crippen molar-refractivity contribution in [3.05, 3.63) is 93.6 Å². The number of hydrogen-bond acceptors (Lipinski definition) is 22. The summed E-state index contributed by atoms with van der Waals surface area (Å²) in [5.74, 6) is 0.918. The van der Waals surface area contributed by atoms with Gasteiger partial charge in [0.25, 0.3) is 0 Å². The molecule has 7 atom stereocenters. The molecular weight excluding hydrogens is 1450 g/mol. The summed E-state index contributed by atoms with van der Waals surface area (Å²) < 4.78 is 26.4. The third-order valence-electron chi connectivity index (χ3n) is 14.1. The molecule has 4 amide bonds. The second-order valence-electron chi connectivity index (χ2n) is 26.8. The number of nitrogens with zero attached hydrogens (tertiary/aromatic N) is 9. The highest BCUT2D eigenvalue weighted by Crippen LogP contribution is 2.47. The number of carboxylic acids is 4. The zero-order valence-electron chi connectivity index (χ0n) is 68.8. The van der Waals surface area contributed by atoms with Crippen LogP contribution in [0.1, 0.15) is 210 Å². The first-order valence-electron chi connectivity index (χ1n) is 35.6. The van der Waals surface area contributed by atoms with Crippen molar-refractivity contribution in [2.75, 3.05) is 54.8 Å². The Kier molecular flexibility index (Phi) is 72.8. The SMILES string of the molecule is C#C[C@@H](C)CC(C)C.CC(=O)OCc1ccccc1.CC(C)C[C@H](C)C(=O)O.CC(C)C[C@H](C)c1cn([C@@H](CCCNC(N)=O)C(=O)O)nn1.CC(C)C[C@H](N)C(=O)O.CNOC.CON(C)C(=O)[C@@H](C)CC(C)C.COP(=O)(OC)C(=[N+]=[N-])C(C)=O.Nc1ccc(CO)cc1.[N-]=[N+]=N[C@@H](CCCCC(N)=O)C(=O)O. The molecule has 0 radical (unpaired) electrons. The number of urea groups is 1. The summed E-state index contributed by atoms with van der Waals surface area (Å²) in [6.45, 7) is 31.9. The molecule has 1 aromatic heterocycles. The number of rotatable bonds is 36. The van der Waals surface area contributed by atoms with Crippen LogP contribution in [0.5, 0.6) is 0 Å². The summed E-state index contributed by atoms with van der Waals surface area (Å²) in [6.07, 6.45) is 13.5. The molecule has 15 N–H and O–H groups in total. The van der Waals surface area contributed by atoms with Gasteiger partial charge >= 0.3 is 48.9 Å². The molecule has 110 heavy (non-hydrogen) atoms. The summed E-state index contributed by atoms with van der Waals surface area (Å²) in [5, 5.41) is 58.1. The van der Waals surface area contributed by atoms with Crippen molar-refractivity contribution in [1.82, 2.24) is 30.9 Å². The van der Waals surface area contributed by atoms with Crippen molar-refractivity contribution in [3.8, 4) is 12.3 Å². The predicted octanol–water partition coefficient (Wildman–Crippen LogP) is 11.5. The van der Waals surface area contributed by atoms with E-state index in [-0.39, 0.29) is 49.1 Å². The van der Waals surface area contributed by atoms with Crippen LogP contribution in [0.15, 0.2) is 65.9 Å². The van der Waals surface area contributed by atoms with E-state index in [0.717, 1.165) is 75.3 Å². The number of ether oxygens (including phenoxy) is 1. The van der Waals surface area contributed by atoms with Gasteiger partial charge in [-0.3, -0.25) is 38.4 Å². The second-order valence-corrected chi connectivity index (χ2v) is 29.0. The molecule has 628 valence electrons. The largest absolute Gasteiger partial charge is 0.481 e. The molecule has 0 saturated heterocycles. The average Bonchev–Trinajstić information content (AvgIpc) is 1.31. The van der Waals surface area contributed by atoms with Gasteiger partial charge in [0.1, 0.15) is 18.7 Å². The Hall–Kier alpha value is -9.19. The van der Waals surface area contributed by atoms with E-state index in [1.807, 2.05) is 65.0 Å². The minimum Gasteiger partial charge on any atom is -0.481 e. The number of azide groups is 1. The van der Waals surface area contributed by atoms with Gasteiger partial charge in [-0.05, 0) is 116 Å². The van der Waals surface area contributed by atoms with Crippen molar-refractivity contribution < 1.29 is 101 Å². The number of terminal acetylenes is 1. The summed E-state index contributed by atoms with van der Waals surface area (Å²) in [4.78, 5) is 110. The molecule has 0 aliphatic rings. The van der Waals surface area contributed by atoms with Crippen molar-refractivity contribution >= 4 is 72.2 Å². The summed E-state index contributed by atoms with van der Waals surface area (Å²) in [6, 6.07) is 13.6.